The number of hydrogen-bond donors (Lipinski definition) is 0. The number of ether oxygens (including phenoxy) is 1. The molecule has 0 radical (unpaired) electrons. The molecule has 0 aliphatic carbocycles. The maximum Gasteiger partial charge on any atom is 0.135 e. The van der Waals surface area contributed by atoms with Gasteiger partial charge in [-0.15, -0.1) is 10.2 Å². The minimum absolute atomic E-state index is 0.110. The van der Waals surface area contributed by atoms with Crippen molar-refractivity contribution in [3.8, 4) is 0 Å². The van der Waals surface area contributed by atoms with Gasteiger partial charge in [-0.25, -0.2) is 0 Å². The van der Waals surface area contributed by atoms with Gasteiger partial charge in [-0.2, -0.15) is 0 Å². The minimum Gasteiger partial charge on any atom is -0.369 e. The van der Waals surface area contributed by atoms with Gasteiger partial charge in [0.25, 0.3) is 0 Å². The third kappa shape index (κ3) is 9.08. The molecule has 0 saturated heterocycles. The van der Waals surface area contributed by atoms with Crippen molar-refractivity contribution in [1.29, 1.82) is 0 Å². The number of carbonyl (C=O) groups excluding carboxylic acids is 2. The normalized spacial score (nSPS) is 11.3. The Labute approximate surface area is 171 Å². The second-order valence-electron chi connectivity index (χ2n) is 7.68. The molecule has 29 heavy (non-hydrogen) atoms. The number of nitrogens with zero attached hydrogens (tertiary/aromatic N) is 6. The first-order chi connectivity index (χ1) is 13.9. The van der Waals surface area contributed by atoms with E-state index >= 15 is 0 Å². The van der Waals surface area contributed by atoms with Crippen LogP contribution in [-0.2, 0) is 40.6 Å². The Kier molecular flexibility index (Phi) is 9.63. The summed E-state index contributed by atoms with van der Waals surface area (Å²) in [6, 6.07) is 0. The Hall–Kier alpha value is -2.42. The Morgan fingerprint density at radius 1 is 0.897 bits per heavy atom. The summed E-state index contributed by atoms with van der Waals surface area (Å²) in [6.07, 6.45) is 8.51. The van der Waals surface area contributed by atoms with Gasteiger partial charge in [-0.05, 0) is 32.6 Å². The molecular weight excluding hydrogens is 372 g/mol. The van der Waals surface area contributed by atoms with Crippen molar-refractivity contribution in [3.63, 3.8) is 0 Å². The highest BCUT2D eigenvalue weighted by molar-refractivity contribution is 5.80. The number of carbonyl (C=O) groups is 2. The zero-order valence-electron chi connectivity index (χ0n) is 17.7. The molecule has 2 rings (SSSR count). The molecule has 2 aromatic heterocycles. The first-order valence-electron chi connectivity index (χ1n) is 10.3. The van der Waals surface area contributed by atoms with Crippen molar-refractivity contribution in [3.05, 3.63) is 23.8 Å². The Morgan fingerprint density at radius 3 is 1.90 bits per heavy atom. The van der Waals surface area contributed by atoms with Gasteiger partial charge in [0.2, 0.25) is 0 Å². The van der Waals surface area contributed by atoms with E-state index in [0.717, 1.165) is 50.2 Å². The molecule has 0 spiro atoms. The minimum atomic E-state index is 0.110. The van der Waals surface area contributed by atoms with Gasteiger partial charge in [-0.1, -0.05) is 24.3 Å². The first kappa shape index (κ1) is 22.9. The summed E-state index contributed by atoms with van der Waals surface area (Å²) < 4.78 is 9.22. The van der Waals surface area contributed by atoms with E-state index in [1.165, 1.54) is 0 Å². The van der Waals surface area contributed by atoms with Crippen LogP contribution in [0, 0.1) is 5.92 Å². The zero-order valence-corrected chi connectivity index (χ0v) is 17.7. The number of aryl methyl sites for hydroxylation is 2. The third-order valence-corrected chi connectivity index (χ3v) is 4.54. The van der Waals surface area contributed by atoms with E-state index in [0.29, 0.717) is 31.8 Å². The Bertz CT molecular complexity index is 768. The van der Waals surface area contributed by atoms with Crippen LogP contribution in [0.3, 0.4) is 0 Å². The molecule has 0 aliphatic rings. The van der Waals surface area contributed by atoms with E-state index in [9.17, 15) is 9.59 Å². The van der Waals surface area contributed by atoms with Crippen LogP contribution >= 0.6 is 0 Å². The van der Waals surface area contributed by atoms with E-state index < -0.39 is 0 Å². The average molecular weight is 405 g/mol. The molecule has 0 aliphatic heterocycles. The molecule has 0 atom stereocenters. The van der Waals surface area contributed by atoms with Gasteiger partial charge in [0, 0.05) is 31.8 Å². The number of Topliss-reactive ketones (excluding diaryl/α,β-unsaturated/α-hetero) is 2. The van der Waals surface area contributed by atoms with Crippen molar-refractivity contribution < 1.29 is 14.3 Å². The summed E-state index contributed by atoms with van der Waals surface area (Å²) in [6.45, 7) is 7.69. The van der Waals surface area contributed by atoms with Crippen LogP contribution in [0.15, 0.2) is 12.4 Å². The standard InChI is InChI=1S/C20H32N6O3/c1-16(2)20(28)9-5-7-11-26-13-19(22-24-26)15-29-14-18-12-25(23-21-18)10-6-4-8-17(3)27/h12-13,16H,4-11,14-15H2,1-3H3. The zero-order chi connectivity index (χ0) is 21.1. The Balaban J connectivity index is 1.61. The largest absolute Gasteiger partial charge is 0.369 e. The van der Waals surface area contributed by atoms with E-state index in [2.05, 4.69) is 20.6 Å². The molecule has 0 unspecified atom stereocenters. The second-order valence-corrected chi connectivity index (χ2v) is 7.68. The predicted molar refractivity (Wildman–Crippen MR) is 107 cm³/mol. The second kappa shape index (κ2) is 12.2. The summed E-state index contributed by atoms with van der Waals surface area (Å²) in [5.74, 6) is 0.639. The molecule has 0 saturated carbocycles. The lowest BCUT2D eigenvalue weighted by atomic mass is 10.0. The number of unbranched alkanes of at least 4 members (excludes halogenated alkanes) is 2. The summed E-state index contributed by atoms with van der Waals surface area (Å²) in [7, 11) is 0. The molecular formula is C20H32N6O3. The fraction of sp³-hybridized carbons (Fsp3) is 0.700. The first-order valence-corrected chi connectivity index (χ1v) is 10.3. The van der Waals surface area contributed by atoms with Crippen LogP contribution in [0.4, 0.5) is 0 Å². The number of ketones is 2. The number of aromatic nitrogens is 6. The summed E-state index contributed by atoms with van der Waals surface area (Å²) in [5.41, 5.74) is 1.53. The lowest BCUT2D eigenvalue weighted by Gasteiger charge is -2.03. The molecule has 0 bridgehead atoms. The highest BCUT2D eigenvalue weighted by Gasteiger charge is 2.07. The van der Waals surface area contributed by atoms with Crippen molar-refractivity contribution in [2.45, 2.75) is 85.6 Å². The van der Waals surface area contributed by atoms with Gasteiger partial charge >= 0.3 is 0 Å². The van der Waals surface area contributed by atoms with Gasteiger partial charge in [0.05, 0.1) is 25.6 Å². The van der Waals surface area contributed by atoms with Crippen LogP contribution in [0.25, 0.3) is 0 Å². The molecule has 160 valence electrons. The van der Waals surface area contributed by atoms with Gasteiger partial charge in [-0.3, -0.25) is 14.2 Å². The maximum atomic E-state index is 11.6. The van der Waals surface area contributed by atoms with Crippen LogP contribution in [-0.4, -0.2) is 41.6 Å². The summed E-state index contributed by atoms with van der Waals surface area (Å²) >= 11 is 0. The Morgan fingerprint density at radius 2 is 1.41 bits per heavy atom. The number of hydrogen-bond acceptors (Lipinski definition) is 7. The van der Waals surface area contributed by atoms with Crippen LogP contribution < -0.4 is 0 Å². The lowest BCUT2D eigenvalue weighted by molar-refractivity contribution is -0.122. The van der Waals surface area contributed by atoms with Crippen LogP contribution in [0.2, 0.25) is 0 Å². The van der Waals surface area contributed by atoms with Crippen molar-refractivity contribution in [2.75, 3.05) is 0 Å². The van der Waals surface area contributed by atoms with E-state index in [1.807, 2.05) is 26.2 Å². The molecule has 2 aromatic rings. The smallest absolute Gasteiger partial charge is 0.135 e. The number of rotatable bonds is 15. The molecule has 0 fully saturated rings. The van der Waals surface area contributed by atoms with Crippen molar-refractivity contribution >= 4 is 11.6 Å². The average Bonchev–Trinajstić information content (AvgIpc) is 3.31. The highest BCUT2D eigenvalue weighted by atomic mass is 16.5. The van der Waals surface area contributed by atoms with Crippen LogP contribution in [0.1, 0.15) is 70.7 Å². The van der Waals surface area contributed by atoms with Gasteiger partial charge in [0.1, 0.15) is 23.0 Å². The lowest BCUT2D eigenvalue weighted by Crippen LogP contribution is -2.07. The fourth-order valence-corrected chi connectivity index (χ4v) is 2.80. The van der Waals surface area contributed by atoms with E-state index in [1.54, 1.807) is 16.3 Å². The van der Waals surface area contributed by atoms with Crippen molar-refractivity contribution in [2.24, 2.45) is 5.92 Å². The van der Waals surface area contributed by atoms with Crippen molar-refractivity contribution in [1.82, 2.24) is 30.0 Å². The monoisotopic (exact) mass is 404 g/mol. The summed E-state index contributed by atoms with van der Waals surface area (Å²) in [5, 5.41) is 16.4. The maximum absolute atomic E-state index is 11.6. The highest BCUT2D eigenvalue weighted by Crippen LogP contribution is 2.07. The molecule has 0 aromatic carbocycles. The molecule has 9 nitrogen and oxygen atoms in total. The van der Waals surface area contributed by atoms with Gasteiger partial charge < -0.3 is 9.53 Å². The van der Waals surface area contributed by atoms with Gasteiger partial charge in [0.15, 0.2) is 0 Å². The molecule has 2 heterocycles. The van der Waals surface area contributed by atoms with E-state index in [4.69, 9.17) is 4.74 Å². The SMILES string of the molecule is CC(=O)CCCCn1cc(COCc2cn(CCCCC(=O)C(C)C)nn2)nn1. The molecule has 9 heteroatoms. The van der Waals surface area contributed by atoms with Crippen LogP contribution in [0.5, 0.6) is 0 Å². The molecule has 0 amide bonds. The topological polar surface area (TPSA) is 105 Å². The summed E-state index contributed by atoms with van der Waals surface area (Å²) in [4.78, 5) is 22.5. The quantitative estimate of drug-likeness (QED) is 0.420. The predicted octanol–water partition coefficient (Wildman–Crippen LogP) is 2.74. The fourth-order valence-electron chi connectivity index (χ4n) is 2.80. The molecule has 0 N–H and O–H groups in total. The van der Waals surface area contributed by atoms with E-state index in [-0.39, 0.29) is 11.7 Å². The third-order valence-electron chi connectivity index (χ3n) is 4.54.